The minimum absolute atomic E-state index is 0.0372. The molecule has 694 valence electrons. The van der Waals surface area contributed by atoms with Gasteiger partial charge in [0.2, 0.25) is 29.5 Å². The molecule has 0 saturated carbocycles. The zero-order chi connectivity index (χ0) is 93.7. The second kappa shape index (κ2) is 43.1. The smallest absolute Gasteiger partial charge is 0.450 e. The predicted molar refractivity (Wildman–Crippen MR) is 489 cm³/mol. The van der Waals surface area contributed by atoms with Gasteiger partial charge in [-0.05, 0) is 179 Å². The van der Waals surface area contributed by atoms with Crippen molar-refractivity contribution in [2.24, 2.45) is 41.4 Å². The molecule has 1 aromatic heterocycles. The van der Waals surface area contributed by atoms with Crippen LogP contribution in [0.2, 0.25) is 0 Å². The number of ether oxygens (including phenoxy) is 3. The van der Waals surface area contributed by atoms with Gasteiger partial charge in [-0.1, -0.05) is 142 Å². The topological polar surface area (TPSA) is 308 Å². The highest BCUT2D eigenvalue weighted by Crippen LogP contribution is 2.38. The van der Waals surface area contributed by atoms with Crippen molar-refractivity contribution in [3.05, 3.63) is 108 Å². The first-order valence-corrected chi connectivity index (χ1v) is 45.4. The lowest BCUT2D eigenvalue weighted by Crippen LogP contribution is -2.61. The number of benzene rings is 3. The summed E-state index contributed by atoms with van der Waals surface area (Å²) in [6.45, 7) is 45.4. The fraction of sp³-hybridized carbons (Fsp3) is 0.649. The second-order valence-electron chi connectivity index (χ2n) is 40.0. The number of nitrogens with zero attached hydrogens (tertiary/aromatic N) is 10. The molecule has 5 aliphatic rings. The summed E-state index contributed by atoms with van der Waals surface area (Å²) in [5, 5.41) is 14.8. The van der Waals surface area contributed by atoms with Crippen LogP contribution in [0.15, 0.2) is 97.2 Å². The van der Waals surface area contributed by atoms with E-state index in [1.54, 1.807) is 76.7 Å². The number of fused-ring (bicyclic) bond motifs is 1. The number of pyridine rings is 1. The molecule has 0 radical (unpaired) electrons. The molecule has 0 spiro atoms. The minimum Gasteiger partial charge on any atom is -0.450 e. The van der Waals surface area contributed by atoms with Crippen LogP contribution in [0.25, 0.3) is 11.1 Å². The fourth-order valence-corrected chi connectivity index (χ4v) is 17.5. The van der Waals surface area contributed by atoms with E-state index in [1.165, 1.54) is 54.6 Å². The molecule has 5 unspecified atom stereocenters. The van der Waals surface area contributed by atoms with Gasteiger partial charge in [0.05, 0.1) is 28.9 Å². The van der Waals surface area contributed by atoms with Gasteiger partial charge in [0.25, 0.3) is 5.91 Å². The van der Waals surface area contributed by atoms with Gasteiger partial charge in [-0.2, -0.15) is 0 Å². The number of hydrogen-bond donors (Lipinski definition) is 2. The Bertz CT molecular complexity index is 4380. The van der Waals surface area contributed by atoms with Crippen molar-refractivity contribution in [2.75, 3.05) is 96.9 Å². The number of aromatic nitrogens is 1. The average molecular weight is 1750 g/mol. The molecule has 8 amide bonds. The molecule has 126 heavy (non-hydrogen) atoms. The Morgan fingerprint density at radius 1 is 0.563 bits per heavy atom. The van der Waals surface area contributed by atoms with Crippen molar-refractivity contribution in [1.82, 2.24) is 44.6 Å². The highest BCUT2D eigenvalue weighted by molar-refractivity contribution is 6.62. The third-order valence-corrected chi connectivity index (χ3v) is 25.6. The molecule has 4 aromatic rings. The lowest BCUT2D eigenvalue weighted by molar-refractivity contribution is -0.178. The van der Waals surface area contributed by atoms with Crippen molar-refractivity contribution in [3.8, 4) is 11.1 Å². The number of aliphatic hydroxyl groups is 1. The number of likely N-dealkylation sites (N-methyl/N-ethyl adjacent to an activating group) is 4. The average Bonchev–Trinajstić information content (AvgIpc) is 1.62. The lowest BCUT2D eigenvalue weighted by atomic mass is 9.79. The maximum absolute atomic E-state index is 15.9. The van der Waals surface area contributed by atoms with Crippen LogP contribution < -0.4 is 20.6 Å². The largest absolute Gasteiger partial charge is 0.494 e. The van der Waals surface area contributed by atoms with Crippen LogP contribution in [0.1, 0.15) is 208 Å². The van der Waals surface area contributed by atoms with Crippen LogP contribution >= 0.6 is 0 Å². The normalized spacial score (nSPS) is 24.2. The highest BCUT2D eigenvalue weighted by Gasteiger charge is 2.53. The van der Waals surface area contributed by atoms with Crippen molar-refractivity contribution in [1.29, 1.82) is 0 Å². The summed E-state index contributed by atoms with van der Waals surface area (Å²) in [5.74, 6) is -9.03. The third-order valence-electron chi connectivity index (χ3n) is 25.6. The third kappa shape index (κ3) is 26.2. The van der Waals surface area contributed by atoms with Gasteiger partial charge in [-0.15, -0.1) is 0 Å². The van der Waals surface area contributed by atoms with Gasteiger partial charge in [0.15, 0.2) is 23.7 Å². The monoisotopic (exact) mass is 1750 g/mol. The van der Waals surface area contributed by atoms with E-state index < -0.39 is 136 Å². The number of rotatable bonds is 17. The molecular weight excluding hydrogens is 1600 g/mol. The number of amides is 8. The summed E-state index contributed by atoms with van der Waals surface area (Å²) in [6.07, 6.45) is 0.712. The molecule has 5 aliphatic heterocycles. The summed E-state index contributed by atoms with van der Waals surface area (Å²) in [4.78, 5) is 182. The summed E-state index contributed by atoms with van der Waals surface area (Å²) in [6, 6.07) is 21.2. The first kappa shape index (κ1) is 102. The number of anilines is 2. The SMILES string of the molecule is CC(C)(C)OC(=O)N1CCN(c2ccc(B3OC(C)(C)C(C)(C)O3)cc2)CC1.CCC(C)[C@@H]1CC(=O)C2CCCN2C(=O)C(Cc2cccc(-c3ccc(N4CCN(C(=O)OC(C)(C)C)CC4)nc3)c2)N(C)C(=O)C(Cc2ccccc2)NC(=O)[C@H](C(C)C)N(C)C(=O)[C@@H](C(C)CC)OC(=O)[C@H](C(C)(C)O)N(C)C(=O)[C@H](CC(C)C)CC(=O)[C@H](C(C)C)N(C)C1=O. The quantitative estimate of drug-likeness (QED) is 0.0563. The molecule has 5 fully saturated rings. The van der Waals surface area contributed by atoms with Gasteiger partial charge in [-0.25, -0.2) is 19.4 Å². The van der Waals surface area contributed by atoms with Crippen LogP contribution in [-0.4, -0.2) is 274 Å². The number of nitrogens with one attached hydrogen (secondary N) is 1. The number of piperazine rings is 2. The van der Waals surface area contributed by atoms with E-state index in [9.17, 15) is 24.3 Å². The molecule has 0 bridgehead atoms. The van der Waals surface area contributed by atoms with Crippen molar-refractivity contribution in [3.63, 3.8) is 0 Å². The minimum atomic E-state index is -1.96. The summed E-state index contributed by atoms with van der Waals surface area (Å²) < 4.78 is 29.5. The zero-order valence-electron chi connectivity index (χ0n) is 80.1. The molecule has 2 N–H and O–H groups in total. The zero-order valence-corrected chi connectivity index (χ0v) is 80.1. The number of carbonyl (C=O) groups excluding carboxylic acids is 11. The van der Waals surface area contributed by atoms with E-state index >= 15 is 33.6 Å². The van der Waals surface area contributed by atoms with E-state index in [1.807, 2.05) is 124 Å². The summed E-state index contributed by atoms with van der Waals surface area (Å²) >= 11 is 0. The van der Waals surface area contributed by atoms with Crippen molar-refractivity contribution >= 4 is 89.3 Å². The van der Waals surface area contributed by atoms with Crippen LogP contribution in [-0.2, 0) is 79.5 Å². The Morgan fingerprint density at radius 3 is 1.61 bits per heavy atom. The van der Waals surface area contributed by atoms with Crippen LogP contribution in [0.5, 0.6) is 0 Å². The number of hydrogen-bond acceptors (Lipinski definition) is 20. The van der Waals surface area contributed by atoms with E-state index in [2.05, 4.69) is 67.1 Å². The number of carbonyl (C=O) groups is 11. The maximum Gasteiger partial charge on any atom is 0.494 e. The standard InChI is InChI=1S/C76H113N9O13.C21H33BN2O4/c1-20-49(9)56-44-60(86)58-31-26-34-85(58)71(92)59(42-52-29-25-30-53(40-52)54-32-33-62(77-45-54)83-35-37-84(38-36-83)74(95)98-75(11,12)13)79(16)70(91)57(41-51-27-23-22-24-28-51)78-67(88)64(48(7)8)81(18)72(93)65(50(10)21-2)97-73(94)66(76(14,15)96)82(19)68(89)55(39-46(3)4)43-61(87)63(47(5)6)80(17)69(56)90;1-19(2,3)26-18(25)24-14-12-23(13-15-24)17-10-8-16(9-11-17)22-27-20(4,5)21(6,7)28-22/h22-25,27-30,32-33,40,45-50,55-59,63-66,96H,20-21,26,31,34-39,41-44H2,1-19H3,(H,78,88);8-11H,12-15H2,1-7H3/t49?,50?,55-,56+,57?,58?,59?,63+,64+,65-,66-;/m1./s1. The molecule has 3 aromatic carbocycles. The molecule has 11 atom stereocenters. The van der Waals surface area contributed by atoms with Crippen LogP contribution in [0, 0.1) is 41.4 Å². The molecule has 29 heteroatoms. The van der Waals surface area contributed by atoms with Crippen LogP contribution in [0.4, 0.5) is 21.1 Å². The van der Waals surface area contributed by atoms with Crippen molar-refractivity contribution in [2.45, 2.75) is 280 Å². The lowest BCUT2D eigenvalue weighted by Gasteiger charge is -2.39. The molecule has 5 saturated heterocycles. The van der Waals surface area contributed by atoms with E-state index in [0.717, 1.165) is 46.1 Å². The summed E-state index contributed by atoms with van der Waals surface area (Å²) in [7, 11) is 5.47. The molecule has 9 rings (SSSR count). The maximum atomic E-state index is 15.9. The van der Waals surface area contributed by atoms with Crippen LogP contribution in [0.3, 0.4) is 0 Å². The molecule has 6 heterocycles. The molecule has 0 aliphatic carbocycles. The Hall–Kier alpha value is -9.48. The number of Topliss-reactive ketones (excluding diaryl/α,β-unsaturated/α-hetero) is 2. The Balaban J connectivity index is 0.000000589. The molecule has 28 nitrogen and oxygen atoms in total. The van der Waals surface area contributed by atoms with Crippen molar-refractivity contribution < 1.29 is 81.4 Å². The first-order valence-electron chi connectivity index (χ1n) is 45.4. The van der Waals surface area contributed by atoms with Gasteiger partial charge in [0.1, 0.15) is 35.1 Å². The van der Waals surface area contributed by atoms with E-state index in [-0.39, 0.29) is 93.2 Å². The summed E-state index contributed by atoms with van der Waals surface area (Å²) in [5.41, 5.74) is 1.34. The van der Waals surface area contributed by atoms with E-state index in [4.69, 9.17) is 28.5 Å². The Labute approximate surface area is 749 Å². The van der Waals surface area contributed by atoms with Gasteiger partial charge >= 0.3 is 25.3 Å². The predicted octanol–water partition coefficient (Wildman–Crippen LogP) is 11.7. The van der Waals surface area contributed by atoms with Gasteiger partial charge in [0, 0.05) is 148 Å². The fourth-order valence-electron chi connectivity index (χ4n) is 17.5. The van der Waals surface area contributed by atoms with E-state index in [0.29, 0.717) is 69.7 Å². The van der Waals surface area contributed by atoms with Gasteiger partial charge < -0.3 is 78.0 Å². The van der Waals surface area contributed by atoms with Gasteiger partial charge in [-0.3, -0.25) is 38.4 Å². The Kier molecular flexibility index (Phi) is 34.9. The Morgan fingerprint density at radius 2 is 1.10 bits per heavy atom. The number of ketones is 2. The first-order chi connectivity index (χ1) is 58.8. The number of cyclic esters (lactones) is 1. The number of esters is 1. The highest BCUT2D eigenvalue weighted by atomic mass is 16.7. The molecular formula is C97H146BN11O17. The second-order valence-corrected chi connectivity index (χ2v) is 40.0.